The lowest BCUT2D eigenvalue weighted by Gasteiger charge is -2.53. The topological polar surface area (TPSA) is 41.5 Å². The Morgan fingerprint density at radius 1 is 1.03 bits per heavy atom. The number of benzene rings is 2. The van der Waals surface area contributed by atoms with E-state index in [2.05, 4.69) is 49.5 Å². The first kappa shape index (κ1) is 24.3. The molecule has 3 aliphatic carbocycles. The first-order chi connectivity index (χ1) is 17.5. The van der Waals surface area contributed by atoms with Crippen molar-refractivity contribution in [2.24, 2.45) is 29.1 Å². The monoisotopic (exact) mass is 487 g/mol. The van der Waals surface area contributed by atoms with Gasteiger partial charge in [-0.05, 0) is 140 Å². The van der Waals surface area contributed by atoms with Crippen LogP contribution >= 0.6 is 0 Å². The number of piperidine rings is 1. The van der Waals surface area contributed by atoms with E-state index in [0.29, 0.717) is 29.0 Å². The molecule has 194 valence electrons. The van der Waals surface area contributed by atoms with Crippen molar-refractivity contribution in [3.63, 3.8) is 0 Å². The van der Waals surface area contributed by atoms with Gasteiger partial charge in [0.25, 0.3) is 0 Å². The van der Waals surface area contributed by atoms with Crippen LogP contribution in [0.1, 0.15) is 87.8 Å². The number of hydrogen-bond donors (Lipinski definition) is 2. The van der Waals surface area contributed by atoms with Gasteiger partial charge in [-0.1, -0.05) is 38.5 Å². The summed E-state index contributed by atoms with van der Waals surface area (Å²) in [6.07, 6.45) is 12.8. The minimum absolute atomic E-state index is 0.428. The summed E-state index contributed by atoms with van der Waals surface area (Å²) >= 11 is 0. The van der Waals surface area contributed by atoms with Gasteiger partial charge in [0.15, 0.2) is 0 Å². The van der Waals surface area contributed by atoms with E-state index in [-0.39, 0.29) is 0 Å². The third-order valence-electron chi connectivity index (χ3n) is 10.8. The molecule has 1 aliphatic heterocycles. The number of hydrogen-bond acceptors (Lipinski definition) is 3. The molecule has 0 radical (unpaired) electrons. The molecule has 3 nitrogen and oxygen atoms in total. The lowest BCUT2D eigenvalue weighted by Crippen LogP contribution is -2.45. The molecule has 2 saturated carbocycles. The van der Waals surface area contributed by atoms with E-state index in [1.54, 1.807) is 0 Å². The zero-order chi connectivity index (χ0) is 24.7. The van der Waals surface area contributed by atoms with E-state index < -0.39 is 0 Å². The lowest BCUT2D eigenvalue weighted by atomic mass is 9.51. The van der Waals surface area contributed by atoms with E-state index in [1.807, 2.05) is 12.1 Å². The van der Waals surface area contributed by atoms with E-state index in [9.17, 15) is 5.11 Å². The van der Waals surface area contributed by atoms with Gasteiger partial charge >= 0.3 is 0 Å². The SMILES string of the molecule is CC1Cc2cc(O)ccc2C2CCC3(C)C(CC[C@@H]3CCOc3ccc(CC4CCCCN4)cc3)C12. The lowest BCUT2D eigenvalue weighted by molar-refractivity contribution is 0.000918. The minimum Gasteiger partial charge on any atom is -0.508 e. The summed E-state index contributed by atoms with van der Waals surface area (Å²) < 4.78 is 6.28. The van der Waals surface area contributed by atoms with Crippen LogP contribution in [0.3, 0.4) is 0 Å². The van der Waals surface area contributed by atoms with Crippen molar-refractivity contribution < 1.29 is 9.84 Å². The van der Waals surface area contributed by atoms with Gasteiger partial charge in [0.1, 0.15) is 11.5 Å². The molecule has 6 rings (SSSR count). The number of ether oxygens (including phenoxy) is 1. The highest BCUT2D eigenvalue weighted by atomic mass is 16.5. The summed E-state index contributed by atoms with van der Waals surface area (Å²) in [5.74, 6) is 5.22. The molecule has 0 bridgehead atoms. The maximum Gasteiger partial charge on any atom is 0.119 e. The molecular formula is C33H45NO2. The van der Waals surface area contributed by atoms with Crippen LogP contribution in [0, 0.1) is 29.1 Å². The minimum atomic E-state index is 0.428. The first-order valence-corrected chi connectivity index (χ1v) is 14.8. The number of fused-ring (bicyclic) bond motifs is 5. The highest BCUT2D eigenvalue weighted by Gasteiger charge is 2.55. The van der Waals surface area contributed by atoms with Crippen molar-refractivity contribution in [2.75, 3.05) is 13.2 Å². The molecule has 2 aromatic rings. The summed E-state index contributed by atoms with van der Waals surface area (Å²) in [7, 11) is 0. The molecule has 3 heteroatoms. The maximum atomic E-state index is 10.0. The molecular weight excluding hydrogens is 442 g/mol. The van der Waals surface area contributed by atoms with Gasteiger partial charge in [0.05, 0.1) is 6.61 Å². The van der Waals surface area contributed by atoms with Crippen molar-refractivity contribution in [2.45, 2.75) is 90.0 Å². The third-order valence-corrected chi connectivity index (χ3v) is 10.8. The standard InChI is InChI=1S/C33H45NO2/c1-22-19-24-21-27(35)9-12-29(24)30-14-16-33(2)25(8-13-31(33)32(22)30)15-18-36-28-10-6-23(7-11-28)20-26-5-3-4-17-34-26/h6-7,9-12,21-22,25-26,30-32,34-35H,3-5,8,13-20H2,1-2H3/t22?,25-,26?,30?,31?,32?,33?/m1/s1. The highest BCUT2D eigenvalue weighted by molar-refractivity contribution is 5.40. The third kappa shape index (κ3) is 4.57. The number of aromatic hydroxyl groups is 1. The molecule has 4 aliphatic rings. The fraction of sp³-hybridized carbons (Fsp3) is 0.636. The van der Waals surface area contributed by atoms with Crippen molar-refractivity contribution >= 4 is 0 Å². The molecule has 1 saturated heterocycles. The number of phenolic OH excluding ortho intramolecular Hbond substituents is 1. The van der Waals surface area contributed by atoms with Gasteiger partial charge in [-0.3, -0.25) is 0 Å². The molecule has 1 heterocycles. The zero-order valence-corrected chi connectivity index (χ0v) is 22.3. The Balaban J connectivity index is 1.06. The summed E-state index contributed by atoms with van der Waals surface area (Å²) in [5, 5.41) is 13.7. The van der Waals surface area contributed by atoms with Crippen LogP contribution < -0.4 is 10.1 Å². The van der Waals surface area contributed by atoms with Gasteiger partial charge in [-0.2, -0.15) is 0 Å². The summed E-state index contributed by atoms with van der Waals surface area (Å²) in [4.78, 5) is 0. The van der Waals surface area contributed by atoms with Gasteiger partial charge in [-0.25, -0.2) is 0 Å². The largest absolute Gasteiger partial charge is 0.508 e. The zero-order valence-electron chi connectivity index (χ0n) is 22.3. The number of nitrogens with one attached hydrogen (secondary N) is 1. The van der Waals surface area contributed by atoms with Crippen molar-refractivity contribution in [3.8, 4) is 11.5 Å². The molecule has 3 fully saturated rings. The van der Waals surface area contributed by atoms with Crippen LogP contribution in [-0.4, -0.2) is 24.3 Å². The van der Waals surface area contributed by atoms with E-state index in [1.165, 1.54) is 74.6 Å². The van der Waals surface area contributed by atoms with Crippen molar-refractivity contribution in [1.82, 2.24) is 5.32 Å². The molecule has 7 atom stereocenters. The molecule has 0 spiro atoms. The molecule has 2 N–H and O–H groups in total. The summed E-state index contributed by atoms with van der Waals surface area (Å²) in [5.41, 5.74) is 4.80. The fourth-order valence-corrected chi connectivity index (χ4v) is 8.97. The molecule has 0 amide bonds. The predicted molar refractivity (Wildman–Crippen MR) is 147 cm³/mol. The summed E-state index contributed by atoms with van der Waals surface area (Å²) in [6.45, 7) is 7.09. The molecule has 6 unspecified atom stereocenters. The van der Waals surface area contributed by atoms with Gasteiger partial charge in [0.2, 0.25) is 0 Å². The Morgan fingerprint density at radius 2 is 1.89 bits per heavy atom. The average molecular weight is 488 g/mol. The second kappa shape index (κ2) is 10.0. The quantitative estimate of drug-likeness (QED) is 0.450. The first-order valence-electron chi connectivity index (χ1n) is 14.8. The van der Waals surface area contributed by atoms with Gasteiger partial charge in [0, 0.05) is 6.04 Å². The molecule has 0 aromatic heterocycles. The van der Waals surface area contributed by atoms with Crippen LogP contribution in [0.25, 0.3) is 0 Å². The Bertz CT molecular complexity index is 1040. The van der Waals surface area contributed by atoms with Crippen LogP contribution in [0.15, 0.2) is 42.5 Å². The average Bonchev–Trinajstić information content (AvgIpc) is 3.21. The normalized spacial score (nSPS) is 35.5. The highest BCUT2D eigenvalue weighted by Crippen LogP contribution is 2.64. The van der Waals surface area contributed by atoms with Crippen LogP contribution in [0.2, 0.25) is 0 Å². The fourth-order valence-electron chi connectivity index (χ4n) is 8.97. The second-order valence-corrected chi connectivity index (χ2v) is 12.8. The van der Waals surface area contributed by atoms with Crippen LogP contribution in [0.5, 0.6) is 11.5 Å². The van der Waals surface area contributed by atoms with Crippen molar-refractivity contribution in [3.05, 3.63) is 59.2 Å². The van der Waals surface area contributed by atoms with Crippen LogP contribution in [-0.2, 0) is 12.8 Å². The number of phenols is 1. The Labute approximate surface area is 218 Å². The Kier molecular flexibility index (Phi) is 6.79. The Hall–Kier alpha value is -2.00. The van der Waals surface area contributed by atoms with E-state index in [0.717, 1.165) is 43.0 Å². The van der Waals surface area contributed by atoms with Crippen LogP contribution in [0.4, 0.5) is 0 Å². The van der Waals surface area contributed by atoms with Crippen molar-refractivity contribution in [1.29, 1.82) is 0 Å². The second-order valence-electron chi connectivity index (χ2n) is 12.8. The molecule has 2 aromatic carbocycles. The maximum absolute atomic E-state index is 10.0. The van der Waals surface area contributed by atoms with E-state index >= 15 is 0 Å². The Morgan fingerprint density at radius 3 is 2.69 bits per heavy atom. The number of rotatable bonds is 6. The summed E-state index contributed by atoms with van der Waals surface area (Å²) in [6, 6.07) is 15.7. The van der Waals surface area contributed by atoms with E-state index in [4.69, 9.17) is 4.74 Å². The predicted octanol–water partition coefficient (Wildman–Crippen LogP) is 7.26. The van der Waals surface area contributed by atoms with Gasteiger partial charge < -0.3 is 15.2 Å². The van der Waals surface area contributed by atoms with Gasteiger partial charge in [-0.15, -0.1) is 0 Å². The molecule has 36 heavy (non-hydrogen) atoms. The smallest absolute Gasteiger partial charge is 0.119 e.